The van der Waals surface area contributed by atoms with Crippen LogP contribution in [0, 0.1) is 11.2 Å². The third-order valence-electron chi connectivity index (χ3n) is 5.82. The van der Waals surface area contributed by atoms with Gasteiger partial charge in [-0.2, -0.15) is 0 Å². The van der Waals surface area contributed by atoms with Crippen LogP contribution in [-0.4, -0.2) is 33.8 Å². The average molecular weight is 394 g/mol. The Morgan fingerprint density at radius 1 is 1.26 bits per heavy atom. The molecule has 1 aliphatic heterocycles. The molecule has 0 N–H and O–H groups in total. The first-order valence-corrected chi connectivity index (χ1v) is 9.93. The van der Waals surface area contributed by atoms with E-state index >= 15 is 0 Å². The number of benzene rings is 1. The quantitative estimate of drug-likeness (QED) is 0.537. The van der Waals surface area contributed by atoms with Gasteiger partial charge in [-0.05, 0) is 50.2 Å². The van der Waals surface area contributed by atoms with E-state index in [-0.39, 0.29) is 5.82 Å². The number of thiol groups is 1. The molecule has 0 bridgehead atoms. The highest BCUT2D eigenvalue weighted by Crippen LogP contribution is 2.37. The fourth-order valence-corrected chi connectivity index (χ4v) is 3.95. The summed E-state index contributed by atoms with van der Waals surface area (Å²) in [6, 6.07) is 6.53. The number of aryl methyl sites for hydroxylation is 1. The lowest BCUT2D eigenvalue weighted by atomic mass is 9.83. The van der Waals surface area contributed by atoms with E-state index in [1.165, 1.54) is 11.0 Å². The van der Waals surface area contributed by atoms with Crippen molar-refractivity contribution in [3.63, 3.8) is 0 Å². The maximum Gasteiger partial charge on any atom is 0.291 e. The van der Waals surface area contributed by atoms with Gasteiger partial charge >= 0.3 is 0 Å². The van der Waals surface area contributed by atoms with Gasteiger partial charge in [0, 0.05) is 12.0 Å². The number of hydrogen-bond acceptors (Lipinski definition) is 3. The first-order valence-electron chi connectivity index (χ1n) is 9.49. The van der Waals surface area contributed by atoms with Crippen LogP contribution < -0.4 is 0 Å². The van der Waals surface area contributed by atoms with E-state index in [0.717, 1.165) is 0 Å². The van der Waals surface area contributed by atoms with E-state index in [0.29, 0.717) is 50.6 Å². The second-order valence-corrected chi connectivity index (χ2v) is 8.31. The molecule has 1 aliphatic rings. The molecule has 1 atom stereocenters. The zero-order valence-electron chi connectivity index (χ0n) is 16.3. The van der Waals surface area contributed by atoms with Gasteiger partial charge < -0.3 is 4.90 Å². The van der Waals surface area contributed by atoms with Crippen molar-refractivity contribution < 1.29 is 18.8 Å². The Balaban J connectivity index is 2.18. The molecule has 1 amide bonds. The second-order valence-electron chi connectivity index (χ2n) is 7.91. The topological polar surface area (TPSA) is 54.5 Å². The summed E-state index contributed by atoms with van der Waals surface area (Å²) >= 11 is 4.06. The summed E-state index contributed by atoms with van der Waals surface area (Å²) in [7, 11) is 0. The lowest BCUT2D eigenvalue weighted by Gasteiger charge is -2.37. The molecule has 27 heavy (non-hydrogen) atoms. The third kappa shape index (κ3) is 4.42. The van der Waals surface area contributed by atoms with Crippen LogP contribution in [0.3, 0.4) is 0 Å². The van der Waals surface area contributed by atoms with Crippen LogP contribution in [0.15, 0.2) is 24.3 Å². The standard InChI is InChI=1S/C21H28FNO3S/c1-4-20(2,3)17(24)18(25)23-14-8-13-21(23,19(26)27)12-7-10-15-9-5-6-11-16(15)22/h5-6,9,11H,4,7-8,10,12-14H2,1-3H3,(H,26,27). The zero-order valence-corrected chi connectivity index (χ0v) is 17.2. The van der Waals surface area contributed by atoms with Gasteiger partial charge in [-0.15, -0.1) is 12.6 Å². The SMILES string of the molecule is CCC(C)(C)C(=O)C(=O)N1CCCC1(CCCc1ccccc1F)C(=O)S. The average Bonchev–Trinajstić information content (AvgIpc) is 3.07. The molecule has 1 heterocycles. The van der Waals surface area contributed by atoms with Crippen LogP contribution in [-0.2, 0) is 20.8 Å². The van der Waals surface area contributed by atoms with Crippen molar-refractivity contribution in [1.29, 1.82) is 0 Å². The Bertz CT molecular complexity index is 734. The second kappa shape index (κ2) is 8.55. The van der Waals surface area contributed by atoms with Gasteiger partial charge in [0.2, 0.25) is 10.9 Å². The molecular formula is C21H28FNO3S. The predicted octanol–water partition coefficient (Wildman–Crippen LogP) is 3.97. The fourth-order valence-electron chi connectivity index (χ4n) is 3.61. The van der Waals surface area contributed by atoms with Gasteiger partial charge in [-0.3, -0.25) is 14.4 Å². The minimum Gasteiger partial charge on any atom is -0.322 e. The molecule has 4 nitrogen and oxygen atoms in total. The molecule has 1 unspecified atom stereocenters. The Kier molecular flexibility index (Phi) is 6.84. The first kappa shape index (κ1) is 21.6. The van der Waals surface area contributed by atoms with Crippen LogP contribution in [0.5, 0.6) is 0 Å². The van der Waals surface area contributed by atoms with Gasteiger partial charge in [0.25, 0.3) is 5.91 Å². The molecule has 1 fully saturated rings. The van der Waals surface area contributed by atoms with E-state index in [1.807, 2.05) is 6.92 Å². The number of rotatable bonds is 8. The number of amides is 1. The van der Waals surface area contributed by atoms with E-state index in [1.54, 1.807) is 32.0 Å². The van der Waals surface area contributed by atoms with Crippen LogP contribution in [0.25, 0.3) is 0 Å². The Morgan fingerprint density at radius 3 is 2.52 bits per heavy atom. The molecule has 0 saturated carbocycles. The Morgan fingerprint density at radius 2 is 1.93 bits per heavy atom. The first-order chi connectivity index (χ1) is 12.7. The maximum absolute atomic E-state index is 13.8. The van der Waals surface area contributed by atoms with Crippen molar-refractivity contribution >= 4 is 29.4 Å². The minimum atomic E-state index is -1.08. The molecular weight excluding hydrogens is 365 g/mol. The van der Waals surface area contributed by atoms with Crippen molar-refractivity contribution in [2.45, 2.75) is 64.8 Å². The van der Waals surface area contributed by atoms with Gasteiger partial charge in [0.1, 0.15) is 11.4 Å². The van der Waals surface area contributed by atoms with E-state index in [9.17, 15) is 18.8 Å². The summed E-state index contributed by atoms with van der Waals surface area (Å²) in [4.78, 5) is 39.4. The number of carbonyl (C=O) groups excluding carboxylic acids is 3. The van der Waals surface area contributed by atoms with Crippen LogP contribution in [0.2, 0.25) is 0 Å². The zero-order chi connectivity index (χ0) is 20.2. The number of likely N-dealkylation sites (tertiary alicyclic amines) is 1. The summed E-state index contributed by atoms with van der Waals surface area (Å²) in [5.74, 6) is -1.35. The van der Waals surface area contributed by atoms with Crippen molar-refractivity contribution in [2.24, 2.45) is 5.41 Å². The lowest BCUT2D eigenvalue weighted by Crippen LogP contribution is -2.55. The summed E-state index contributed by atoms with van der Waals surface area (Å²) in [6.45, 7) is 5.72. The number of halogens is 1. The fraction of sp³-hybridized carbons (Fsp3) is 0.571. The van der Waals surface area contributed by atoms with Crippen molar-refractivity contribution in [1.82, 2.24) is 4.90 Å². The highest BCUT2D eigenvalue weighted by atomic mass is 32.1. The summed E-state index contributed by atoms with van der Waals surface area (Å²) in [5.41, 5.74) is -1.26. The van der Waals surface area contributed by atoms with Crippen molar-refractivity contribution in [2.75, 3.05) is 6.54 Å². The highest BCUT2D eigenvalue weighted by molar-refractivity contribution is 7.96. The van der Waals surface area contributed by atoms with Gasteiger partial charge in [0.15, 0.2) is 0 Å². The summed E-state index contributed by atoms with van der Waals surface area (Å²) in [5, 5.41) is -0.399. The molecule has 148 valence electrons. The van der Waals surface area contributed by atoms with Crippen LogP contribution in [0.1, 0.15) is 58.4 Å². The summed E-state index contributed by atoms with van der Waals surface area (Å²) < 4.78 is 13.8. The van der Waals surface area contributed by atoms with Crippen LogP contribution >= 0.6 is 12.6 Å². The molecule has 0 aromatic heterocycles. The largest absolute Gasteiger partial charge is 0.322 e. The molecule has 0 spiro atoms. The van der Waals surface area contributed by atoms with Crippen molar-refractivity contribution in [3.8, 4) is 0 Å². The summed E-state index contributed by atoms with van der Waals surface area (Å²) in [6.07, 6.45) is 3.04. The molecule has 1 saturated heterocycles. The monoisotopic (exact) mass is 393 g/mol. The Labute approximate surface area is 165 Å². The molecule has 1 aromatic rings. The lowest BCUT2D eigenvalue weighted by molar-refractivity contribution is -0.153. The van der Waals surface area contributed by atoms with Gasteiger partial charge in [-0.1, -0.05) is 39.0 Å². The number of Topliss-reactive ketones (excluding diaryl/α,β-unsaturated/α-hetero) is 1. The van der Waals surface area contributed by atoms with Crippen molar-refractivity contribution in [3.05, 3.63) is 35.6 Å². The normalized spacial score (nSPS) is 20.0. The molecule has 0 radical (unpaired) electrons. The maximum atomic E-state index is 13.8. The number of ketones is 1. The molecule has 0 aliphatic carbocycles. The smallest absolute Gasteiger partial charge is 0.291 e. The van der Waals surface area contributed by atoms with Crippen LogP contribution in [0.4, 0.5) is 4.39 Å². The molecule has 1 aromatic carbocycles. The Hall–Kier alpha value is -1.69. The number of hydrogen-bond donors (Lipinski definition) is 1. The minimum absolute atomic E-state index is 0.275. The van der Waals surface area contributed by atoms with E-state index in [2.05, 4.69) is 12.6 Å². The third-order valence-corrected chi connectivity index (χ3v) is 6.24. The van der Waals surface area contributed by atoms with E-state index in [4.69, 9.17) is 0 Å². The highest BCUT2D eigenvalue weighted by Gasteiger charge is 2.50. The van der Waals surface area contributed by atoms with Gasteiger partial charge in [0.05, 0.1) is 0 Å². The molecule has 2 rings (SSSR count). The molecule has 6 heteroatoms. The predicted molar refractivity (Wildman–Crippen MR) is 106 cm³/mol. The van der Waals surface area contributed by atoms with E-state index < -0.39 is 27.8 Å². The van der Waals surface area contributed by atoms with Gasteiger partial charge in [-0.25, -0.2) is 4.39 Å². The number of carbonyl (C=O) groups is 3. The number of nitrogens with zero attached hydrogens (tertiary/aromatic N) is 1.